The van der Waals surface area contributed by atoms with Crippen LogP contribution in [0.2, 0.25) is 0 Å². The van der Waals surface area contributed by atoms with E-state index in [0.29, 0.717) is 19.0 Å². The van der Waals surface area contributed by atoms with E-state index in [1.54, 1.807) is 11.1 Å². The summed E-state index contributed by atoms with van der Waals surface area (Å²) in [7, 11) is 0. The molecule has 0 atom stereocenters. The summed E-state index contributed by atoms with van der Waals surface area (Å²) in [5, 5.41) is 4.30. The zero-order chi connectivity index (χ0) is 19.0. The third-order valence-electron chi connectivity index (χ3n) is 4.37. The predicted octanol–water partition coefficient (Wildman–Crippen LogP) is 4.62. The van der Waals surface area contributed by atoms with Gasteiger partial charge in [-0.2, -0.15) is 0 Å². The minimum atomic E-state index is -0.508. The van der Waals surface area contributed by atoms with Crippen molar-refractivity contribution in [2.45, 2.75) is 39.5 Å². The molecule has 0 spiro atoms. The van der Waals surface area contributed by atoms with Crippen LogP contribution in [-0.4, -0.2) is 26.6 Å². The number of nitrogens with one attached hydrogen (secondary N) is 1. The summed E-state index contributed by atoms with van der Waals surface area (Å²) in [6, 6.07) is 13.9. The first kappa shape index (κ1) is 17.3. The number of hydrogen-bond donors (Lipinski definition) is 1. The van der Waals surface area contributed by atoms with Crippen molar-refractivity contribution >= 4 is 28.6 Å². The first-order valence-electron chi connectivity index (χ1n) is 8.96. The lowest BCUT2D eigenvalue weighted by Crippen LogP contribution is -2.33. The van der Waals surface area contributed by atoms with Crippen molar-refractivity contribution in [3.05, 3.63) is 59.8 Å². The van der Waals surface area contributed by atoms with E-state index in [9.17, 15) is 4.79 Å². The van der Waals surface area contributed by atoms with Crippen LogP contribution in [0.4, 0.5) is 16.4 Å². The van der Waals surface area contributed by atoms with E-state index in [0.717, 1.165) is 27.7 Å². The molecule has 0 saturated carbocycles. The number of hydrogen-bond acceptors (Lipinski definition) is 5. The first-order chi connectivity index (χ1) is 12.9. The van der Waals surface area contributed by atoms with Crippen LogP contribution in [0.3, 0.4) is 0 Å². The van der Waals surface area contributed by atoms with Crippen molar-refractivity contribution < 1.29 is 9.53 Å². The molecule has 1 aliphatic heterocycles. The summed E-state index contributed by atoms with van der Waals surface area (Å²) < 4.78 is 5.50. The van der Waals surface area contributed by atoms with Gasteiger partial charge in [0.15, 0.2) is 0 Å². The van der Waals surface area contributed by atoms with Crippen LogP contribution in [0.1, 0.15) is 31.9 Å². The van der Waals surface area contributed by atoms with Gasteiger partial charge in [-0.25, -0.2) is 14.8 Å². The highest BCUT2D eigenvalue weighted by Crippen LogP contribution is 2.31. The van der Waals surface area contributed by atoms with Crippen LogP contribution in [0, 0.1) is 0 Å². The molecule has 0 fully saturated rings. The van der Waals surface area contributed by atoms with E-state index in [1.807, 2.05) is 63.2 Å². The van der Waals surface area contributed by atoms with Crippen LogP contribution >= 0.6 is 0 Å². The van der Waals surface area contributed by atoms with Gasteiger partial charge in [0, 0.05) is 29.4 Å². The number of benzene rings is 2. The molecule has 1 amide bonds. The Morgan fingerprint density at radius 1 is 1.11 bits per heavy atom. The predicted molar refractivity (Wildman–Crippen MR) is 105 cm³/mol. The number of ether oxygens (including phenoxy) is 1. The van der Waals surface area contributed by atoms with E-state index in [1.165, 1.54) is 0 Å². The molecule has 0 saturated heterocycles. The standard InChI is InChI=1S/C21H22N4O2/c1-21(2,3)27-20(26)25-12-15-8-6-10-18(16(15)13-25)24-19-22-11-14-7-4-5-9-17(14)23-19/h4-11H,12-13H2,1-3H3,(H,22,23,24). The zero-order valence-electron chi connectivity index (χ0n) is 15.7. The van der Waals surface area contributed by atoms with Crippen molar-refractivity contribution in [3.63, 3.8) is 0 Å². The van der Waals surface area contributed by atoms with Crippen molar-refractivity contribution in [1.29, 1.82) is 0 Å². The Balaban J connectivity index is 1.56. The van der Waals surface area contributed by atoms with E-state index in [2.05, 4.69) is 15.3 Å². The average molecular weight is 362 g/mol. The summed E-state index contributed by atoms with van der Waals surface area (Å²) in [4.78, 5) is 23.1. The molecule has 0 bridgehead atoms. The lowest BCUT2D eigenvalue weighted by molar-refractivity contribution is 0.0242. The fourth-order valence-corrected chi connectivity index (χ4v) is 3.15. The van der Waals surface area contributed by atoms with E-state index in [-0.39, 0.29) is 6.09 Å². The lowest BCUT2D eigenvalue weighted by atomic mass is 10.1. The average Bonchev–Trinajstić information content (AvgIpc) is 3.06. The second kappa shape index (κ2) is 6.54. The van der Waals surface area contributed by atoms with E-state index < -0.39 is 5.60 Å². The molecule has 6 heteroatoms. The number of nitrogens with zero attached hydrogens (tertiary/aromatic N) is 3. The Kier molecular flexibility index (Phi) is 4.18. The Bertz CT molecular complexity index is 1010. The lowest BCUT2D eigenvalue weighted by Gasteiger charge is -2.24. The number of carbonyl (C=O) groups is 1. The van der Waals surface area contributed by atoms with Gasteiger partial charge in [0.05, 0.1) is 12.1 Å². The summed E-state index contributed by atoms with van der Waals surface area (Å²) in [6.07, 6.45) is 1.51. The number of rotatable bonds is 2. The minimum Gasteiger partial charge on any atom is -0.444 e. The van der Waals surface area contributed by atoms with Gasteiger partial charge in [0.1, 0.15) is 5.60 Å². The van der Waals surface area contributed by atoms with Gasteiger partial charge in [-0.1, -0.05) is 30.3 Å². The molecular formula is C21H22N4O2. The quantitative estimate of drug-likeness (QED) is 0.720. The molecule has 4 rings (SSSR count). The normalized spacial score (nSPS) is 13.5. The molecule has 0 unspecified atom stereocenters. The van der Waals surface area contributed by atoms with Gasteiger partial charge in [0.25, 0.3) is 0 Å². The largest absolute Gasteiger partial charge is 0.444 e. The molecule has 3 aromatic rings. The molecular weight excluding hydrogens is 340 g/mol. The zero-order valence-corrected chi connectivity index (χ0v) is 15.7. The second-order valence-electron chi connectivity index (χ2n) is 7.66. The van der Waals surface area contributed by atoms with Crippen LogP contribution in [0.5, 0.6) is 0 Å². The van der Waals surface area contributed by atoms with Crippen LogP contribution in [0.25, 0.3) is 10.9 Å². The van der Waals surface area contributed by atoms with Crippen LogP contribution in [-0.2, 0) is 17.8 Å². The molecule has 27 heavy (non-hydrogen) atoms. The topological polar surface area (TPSA) is 67.3 Å². The van der Waals surface area contributed by atoms with Gasteiger partial charge in [0.2, 0.25) is 5.95 Å². The Morgan fingerprint density at radius 2 is 1.93 bits per heavy atom. The van der Waals surface area contributed by atoms with Crippen LogP contribution < -0.4 is 5.32 Å². The third-order valence-corrected chi connectivity index (χ3v) is 4.37. The number of fused-ring (bicyclic) bond motifs is 2. The summed E-state index contributed by atoms with van der Waals surface area (Å²) >= 11 is 0. The molecule has 2 aromatic carbocycles. The first-order valence-corrected chi connectivity index (χ1v) is 8.96. The molecule has 2 heterocycles. The number of carbonyl (C=O) groups excluding carboxylic acids is 1. The van der Waals surface area contributed by atoms with Gasteiger partial charge in [-0.05, 0) is 38.5 Å². The maximum Gasteiger partial charge on any atom is 0.410 e. The van der Waals surface area contributed by atoms with Crippen LogP contribution in [0.15, 0.2) is 48.7 Å². The highest BCUT2D eigenvalue weighted by atomic mass is 16.6. The third kappa shape index (κ3) is 3.69. The Labute approximate surface area is 158 Å². The van der Waals surface area contributed by atoms with Crippen molar-refractivity contribution in [1.82, 2.24) is 14.9 Å². The van der Waals surface area contributed by atoms with Gasteiger partial charge < -0.3 is 10.1 Å². The number of amides is 1. The highest BCUT2D eigenvalue weighted by Gasteiger charge is 2.29. The fourth-order valence-electron chi connectivity index (χ4n) is 3.15. The van der Waals surface area contributed by atoms with Gasteiger partial charge in [-0.15, -0.1) is 0 Å². The maximum atomic E-state index is 12.4. The Morgan fingerprint density at radius 3 is 2.74 bits per heavy atom. The smallest absolute Gasteiger partial charge is 0.410 e. The number of para-hydroxylation sites is 1. The summed E-state index contributed by atoms with van der Waals surface area (Å²) in [6.45, 7) is 6.66. The number of aromatic nitrogens is 2. The number of anilines is 2. The monoisotopic (exact) mass is 362 g/mol. The minimum absolute atomic E-state index is 0.299. The van der Waals surface area contributed by atoms with Gasteiger partial charge in [-0.3, -0.25) is 4.90 Å². The molecule has 1 aromatic heterocycles. The molecule has 1 N–H and O–H groups in total. The van der Waals surface area contributed by atoms with E-state index >= 15 is 0 Å². The van der Waals surface area contributed by atoms with E-state index in [4.69, 9.17) is 4.74 Å². The maximum absolute atomic E-state index is 12.4. The molecule has 0 radical (unpaired) electrons. The van der Waals surface area contributed by atoms with Crippen molar-refractivity contribution in [2.75, 3.05) is 5.32 Å². The summed E-state index contributed by atoms with van der Waals surface area (Å²) in [5.41, 5.74) is 3.46. The second-order valence-corrected chi connectivity index (χ2v) is 7.66. The Hall–Kier alpha value is -3.15. The molecule has 138 valence electrons. The van der Waals surface area contributed by atoms with Crippen molar-refractivity contribution in [2.24, 2.45) is 0 Å². The summed E-state index contributed by atoms with van der Waals surface area (Å²) in [5.74, 6) is 0.540. The van der Waals surface area contributed by atoms with Crippen molar-refractivity contribution in [3.8, 4) is 0 Å². The van der Waals surface area contributed by atoms with Gasteiger partial charge >= 0.3 is 6.09 Å². The highest BCUT2D eigenvalue weighted by molar-refractivity contribution is 5.79. The molecule has 6 nitrogen and oxygen atoms in total. The fraction of sp³-hybridized carbons (Fsp3) is 0.286. The SMILES string of the molecule is CC(C)(C)OC(=O)N1Cc2cccc(Nc3ncc4ccccc4n3)c2C1. The molecule has 1 aliphatic rings. The molecule has 0 aliphatic carbocycles.